The van der Waals surface area contributed by atoms with Gasteiger partial charge in [-0.25, -0.2) is 9.97 Å². The Labute approximate surface area is 229 Å². The number of rotatable bonds is 4. The van der Waals surface area contributed by atoms with E-state index in [1.807, 2.05) is 11.6 Å². The number of aliphatic hydroxyl groups excluding tert-OH is 1. The molecule has 39 heavy (non-hydrogen) atoms. The fraction of sp³-hybridized carbons (Fsp3) is 0.533. The van der Waals surface area contributed by atoms with Crippen LogP contribution in [0.2, 0.25) is 0 Å². The Morgan fingerprint density at radius 1 is 1.05 bits per heavy atom. The lowest BCUT2D eigenvalue weighted by Gasteiger charge is -2.43. The second-order valence-corrected chi connectivity index (χ2v) is 12.5. The Bertz CT molecular complexity index is 1580. The summed E-state index contributed by atoms with van der Waals surface area (Å²) < 4.78 is 2.04. The maximum absolute atomic E-state index is 10.7. The largest absolute Gasteiger partial charge is 0.392 e. The molecule has 0 amide bonds. The van der Waals surface area contributed by atoms with Crippen molar-refractivity contribution in [2.75, 3.05) is 29.4 Å². The van der Waals surface area contributed by atoms with Crippen molar-refractivity contribution < 1.29 is 5.11 Å². The summed E-state index contributed by atoms with van der Waals surface area (Å²) in [7, 11) is 2.06. The van der Waals surface area contributed by atoms with E-state index in [-0.39, 0.29) is 11.5 Å². The molecule has 1 atom stereocenters. The highest BCUT2D eigenvalue weighted by Crippen LogP contribution is 2.42. The summed E-state index contributed by atoms with van der Waals surface area (Å²) in [6.45, 7) is 11.6. The van der Waals surface area contributed by atoms with Crippen LogP contribution in [0, 0.1) is 19.3 Å². The van der Waals surface area contributed by atoms with Crippen molar-refractivity contribution in [1.29, 1.82) is 0 Å². The Morgan fingerprint density at radius 2 is 1.87 bits per heavy atom. The van der Waals surface area contributed by atoms with Gasteiger partial charge < -0.3 is 14.9 Å². The van der Waals surface area contributed by atoms with E-state index >= 15 is 0 Å². The van der Waals surface area contributed by atoms with E-state index in [2.05, 4.69) is 66.0 Å². The Morgan fingerprint density at radius 3 is 2.64 bits per heavy atom. The number of aromatic nitrogens is 6. The predicted molar refractivity (Wildman–Crippen MR) is 153 cm³/mol. The molecule has 204 valence electrons. The second-order valence-electron chi connectivity index (χ2n) is 12.5. The highest BCUT2D eigenvalue weighted by molar-refractivity contribution is 5.96. The number of H-pyrrole nitrogens is 1. The van der Waals surface area contributed by atoms with Crippen LogP contribution < -0.4 is 9.80 Å². The molecule has 0 bridgehead atoms. The minimum absolute atomic E-state index is 0.219. The van der Waals surface area contributed by atoms with Gasteiger partial charge >= 0.3 is 0 Å². The van der Waals surface area contributed by atoms with Gasteiger partial charge in [-0.2, -0.15) is 10.2 Å². The number of nitrogens with zero attached hydrogens (tertiary/aromatic N) is 7. The van der Waals surface area contributed by atoms with Crippen molar-refractivity contribution in [1.82, 2.24) is 29.9 Å². The summed E-state index contributed by atoms with van der Waals surface area (Å²) in [5, 5.41) is 24.3. The number of piperidine rings is 1. The highest BCUT2D eigenvalue weighted by atomic mass is 16.3. The van der Waals surface area contributed by atoms with Crippen LogP contribution in [0.3, 0.4) is 0 Å². The molecule has 1 aromatic carbocycles. The molecule has 4 aromatic rings. The molecule has 9 heteroatoms. The molecular formula is C30H38N8O. The third kappa shape index (κ3) is 4.09. The van der Waals surface area contributed by atoms with E-state index in [1.165, 1.54) is 29.9 Å². The molecule has 3 aromatic heterocycles. The third-order valence-electron chi connectivity index (χ3n) is 9.05. The molecular weight excluding hydrogens is 488 g/mol. The number of fused-ring (bicyclic) bond motifs is 2. The van der Waals surface area contributed by atoms with Crippen molar-refractivity contribution in [3.63, 3.8) is 0 Å². The van der Waals surface area contributed by atoms with Crippen LogP contribution in [-0.4, -0.2) is 60.8 Å². The van der Waals surface area contributed by atoms with E-state index in [0.29, 0.717) is 5.92 Å². The van der Waals surface area contributed by atoms with E-state index in [4.69, 9.17) is 15.1 Å². The molecule has 7 rings (SSSR count). The predicted octanol–water partition coefficient (Wildman–Crippen LogP) is 4.41. The number of nitrogens with one attached hydrogen (secondary N) is 1. The number of anilines is 2. The lowest BCUT2D eigenvalue weighted by atomic mass is 9.81. The van der Waals surface area contributed by atoms with Gasteiger partial charge in [0.05, 0.1) is 28.7 Å². The smallest absolute Gasteiger partial charge is 0.162 e. The fourth-order valence-corrected chi connectivity index (χ4v) is 6.51. The number of aliphatic hydroxyl groups is 1. The zero-order valence-electron chi connectivity index (χ0n) is 23.6. The van der Waals surface area contributed by atoms with Crippen LogP contribution in [0.15, 0.2) is 18.2 Å². The number of hydrogen-bond donors (Lipinski definition) is 2. The van der Waals surface area contributed by atoms with Crippen LogP contribution >= 0.6 is 0 Å². The monoisotopic (exact) mass is 526 g/mol. The zero-order valence-corrected chi connectivity index (χ0v) is 23.6. The standard InChI is InChI=1S/C30H38N8O/c1-17-6-9-22-27(18(2)33-34-22)26(17)28-31-21-10-12-37(25-14-23(19-7-8-19)35-36(25)5)15-20(21)29(32-28)38-13-11-24(39)30(3,4)16-38/h6,9,14,19,24,39H,7-8,10-13,15-16H2,1-5H3,(H,33,34)/t24-/m1/s1. The molecule has 2 aliphatic heterocycles. The van der Waals surface area contributed by atoms with E-state index < -0.39 is 0 Å². The molecule has 0 unspecified atom stereocenters. The molecule has 0 radical (unpaired) electrons. The fourth-order valence-electron chi connectivity index (χ4n) is 6.51. The van der Waals surface area contributed by atoms with Gasteiger partial charge in [0.2, 0.25) is 0 Å². The molecule has 5 heterocycles. The van der Waals surface area contributed by atoms with Crippen molar-refractivity contribution >= 4 is 22.5 Å². The topological polar surface area (TPSA) is 99.0 Å². The van der Waals surface area contributed by atoms with Crippen molar-refractivity contribution in [2.45, 2.75) is 71.9 Å². The minimum atomic E-state index is -0.317. The van der Waals surface area contributed by atoms with E-state index in [1.54, 1.807) is 0 Å². The summed E-state index contributed by atoms with van der Waals surface area (Å²) in [5.41, 5.74) is 7.49. The average Bonchev–Trinajstić information content (AvgIpc) is 3.60. The first-order valence-electron chi connectivity index (χ1n) is 14.3. The van der Waals surface area contributed by atoms with E-state index in [0.717, 1.165) is 84.1 Å². The first kappa shape index (κ1) is 24.6. The molecule has 2 N–H and O–H groups in total. The summed E-state index contributed by atoms with van der Waals surface area (Å²) in [5.74, 6) is 3.57. The molecule has 3 aliphatic rings. The van der Waals surface area contributed by atoms with Gasteiger partial charge in [0.1, 0.15) is 11.6 Å². The highest BCUT2D eigenvalue weighted by Gasteiger charge is 2.37. The van der Waals surface area contributed by atoms with Crippen LogP contribution in [0.4, 0.5) is 11.6 Å². The summed E-state index contributed by atoms with van der Waals surface area (Å²) >= 11 is 0. The third-order valence-corrected chi connectivity index (χ3v) is 9.05. The van der Waals surface area contributed by atoms with Crippen molar-refractivity contribution in [3.05, 3.63) is 46.4 Å². The van der Waals surface area contributed by atoms with Gasteiger partial charge in [0, 0.05) is 73.6 Å². The Balaban J connectivity index is 1.35. The molecule has 0 spiro atoms. The molecule has 1 saturated heterocycles. The van der Waals surface area contributed by atoms with Gasteiger partial charge in [-0.3, -0.25) is 9.78 Å². The first-order valence-corrected chi connectivity index (χ1v) is 14.3. The van der Waals surface area contributed by atoms with Gasteiger partial charge in [-0.05, 0) is 44.7 Å². The second kappa shape index (κ2) is 8.78. The van der Waals surface area contributed by atoms with E-state index in [9.17, 15) is 5.11 Å². The SMILES string of the molecule is Cc1ccc2[nH]nc(C)c2c1-c1nc2c(c(N3CC[C@@H](O)C(C)(C)C3)n1)CN(c1cc(C3CC3)nn1C)CC2. The minimum Gasteiger partial charge on any atom is -0.392 e. The summed E-state index contributed by atoms with van der Waals surface area (Å²) in [6, 6.07) is 6.49. The quantitative estimate of drug-likeness (QED) is 0.406. The van der Waals surface area contributed by atoms with Crippen LogP contribution in [0.1, 0.15) is 67.2 Å². The molecule has 1 aliphatic carbocycles. The Kier molecular flexibility index (Phi) is 5.53. The van der Waals surface area contributed by atoms with Gasteiger partial charge in [0.15, 0.2) is 5.82 Å². The van der Waals surface area contributed by atoms with Crippen LogP contribution in [-0.2, 0) is 20.0 Å². The first-order chi connectivity index (χ1) is 18.7. The number of benzene rings is 1. The number of aryl methyl sites for hydroxylation is 3. The van der Waals surface area contributed by atoms with Crippen molar-refractivity contribution in [2.24, 2.45) is 12.5 Å². The zero-order chi connectivity index (χ0) is 27.1. The molecule has 9 nitrogen and oxygen atoms in total. The molecule has 2 fully saturated rings. The summed E-state index contributed by atoms with van der Waals surface area (Å²) in [4.78, 5) is 15.4. The normalized spacial score (nSPS) is 21.0. The maximum Gasteiger partial charge on any atom is 0.162 e. The van der Waals surface area contributed by atoms with Crippen LogP contribution in [0.5, 0.6) is 0 Å². The Hall–Kier alpha value is -3.46. The lowest BCUT2D eigenvalue weighted by molar-refractivity contribution is 0.0333. The summed E-state index contributed by atoms with van der Waals surface area (Å²) in [6.07, 6.45) is 3.76. The van der Waals surface area contributed by atoms with Gasteiger partial charge in [0.25, 0.3) is 0 Å². The lowest BCUT2D eigenvalue weighted by Crippen LogP contribution is -2.49. The average molecular weight is 527 g/mol. The number of aromatic amines is 1. The van der Waals surface area contributed by atoms with Gasteiger partial charge in [-0.1, -0.05) is 19.9 Å². The molecule has 1 saturated carbocycles. The van der Waals surface area contributed by atoms with Crippen molar-refractivity contribution in [3.8, 4) is 11.4 Å². The maximum atomic E-state index is 10.7. The number of hydrogen-bond acceptors (Lipinski definition) is 7. The van der Waals surface area contributed by atoms with Gasteiger partial charge in [-0.15, -0.1) is 0 Å². The van der Waals surface area contributed by atoms with Crippen LogP contribution in [0.25, 0.3) is 22.3 Å².